The molecule has 0 radical (unpaired) electrons. The summed E-state index contributed by atoms with van der Waals surface area (Å²) in [6.07, 6.45) is -0.183. The van der Waals surface area contributed by atoms with Gasteiger partial charge in [0.1, 0.15) is 18.6 Å². The summed E-state index contributed by atoms with van der Waals surface area (Å²) in [6, 6.07) is 8.45. The summed E-state index contributed by atoms with van der Waals surface area (Å²) in [5.74, 6) is -1.50. The zero-order chi connectivity index (χ0) is 15.9. The molecule has 0 fully saturated rings. The van der Waals surface area contributed by atoms with Crippen molar-refractivity contribution in [1.29, 1.82) is 0 Å². The second kappa shape index (κ2) is 7.82. The van der Waals surface area contributed by atoms with Crippen LogP contribution in [0.3, 0.4) is 0 Å². The third-order valence-electron chi connectivity index (χ3n) is 3.00. The van der Waals surface area contributed by atoms with E-state index < -0.39 is 30.3 Å². The number of hydrogen-bond donors (Lipinski definition) is 1. The van der Waals surface area contributed by atoms with Gasteiger partial charge in [0.2, 0.25) is 0 Å². The minimum Gasteiger partial charge on any atom is -0.492 e. The molecule has 7 heteroatoms. The maximum absolute atomic E-state index is 11.8. The third kappa shape index (κ3) is 4.22. The highest BCUT2D eigenvalue weighted by Crippen LogP contribution is 2.17. The van der Waals surface area contributed by atoms with Gasteiger partial charge in [-0.25, -0.2) is 4.79 Å². The van der Waals surface area contributed by atoms with Crippen LogP contribution in [0.25, 0.3) is 0 Å². The molecule has 1 aliphatic rings. The Morgan fingerprint density at radius 1 is 1.27 bits per heavy atom. The minimum atomic E-state index is -1.15. The van der Waals surface area contributed by atoms with Crippen LogP contribution in [0.5, 0.6) is 0 Å². The first-order valence-electron chi connectivity index (χ1n) is 6.59. The van der Waals surface area contributed by atoms with Crippen LogP contribution in [-0.4, -0.2) is 47.8 Å². The van der Waals surface area contributed by atoms with Crippen LogP contribution in [0.1, 0.15) is 10.4 Å². The average molecular weight is 327 g/mol. The van der Waals surface area contributed by atoms with Crippen LogP contribution in [0.2, 0.25) is 0 Å². The van der Waals surface area contributed by atoms with Gasteiger partial charge in [-0.05, 0) is 18.2 Å². The van der Waals surface area contributed by atoms with Crippen molar-refractivity contribution >= 4 is 23.5 Å². The highest BCUT2D eigenvalue weighted by atomic mass is 35.5. The highest BCUT2D eigenvalue weighted by Gasteiger charge is 2.34. The van der Waals surface area contributed by atoms with E-state index in [-0.39, 0.29) is 12.5 Å². The fourth-order valence-electron chi connectivity index (χ4n) is 1.88. The average Bonchev–Trinajstić information content (AvgIpc) is 2.56. The number of halogens is 1. The topological polar surface area (TPSA) is 82.1 Å². The van der Waals surface area contributed by atoms with Gasteiger partial charge < -0.3 is 19.3 Å². The van der Waals surface area contributed by atoms with E-state index >= 15 is 0 Å². The second-order valence-electron chi connectivity index (χ2n) is 4.55. The van der Waals surface area contributed by atoms with Crippen molar-refractivity contribution in [2.75, 3.05) is 12.5 Å². The summed E-state index contributed by atoms with van der Waals surface area (Å²) in [6.45, 7) is -0.172. The van der Waals surface area contributed by atoms with Gasteiger partial charge in [-0.1, -0.05) is 18.2 Å². The molecule has 0 amide bonds. The van der Waals surface area contributed by atoms with Crippen molar-refractivity contribution in [3.63, 3.8) is 0 Å². The Bertz CT molecular complexity index is 544. The number of rotatable bonds is 5. The summed E-state index contributed by atoms with van der Waals surface area (Å²) in [4.78, 5) is 23.0. The van der Waals surface area contributed by atoms with Crippen LogP contribution in [0, 0.1) is 0 Å². The molecular formula is C15H15ClO6. The highest BCUT2D eigenvalue weighted by molar-refractivity contribution is 6.26. The van der Waals surface area contributed by atoms with Crippen LogP contribution < -0.4 is 0 Å². The zero-order valence-corrected chi connectivity index (χ0v) is 12.3. The molecule has 1 aromatic carbocycles. The largest absolute Gasteiger partial charge is 0.492 e. The van der Waals surface area contributed by atoms with E-state index in [1.165, 1.54) is 12.3 Å². The lowest BCUT2D eigenvalue weighted by Crippen LogP contribution is -2.45. The molecule has 0 saturated carbocycles. The van der Waals surface area contributed by atoms with E-state index in [0.29, 0.717) is 5.56 Å². The van der Waals surface area contributed by atoms with E-state index in [0.717, 1.165) is 0 Å². The Morgan fingerprint density at radius 3 is 2.68 bits per heavy atom. The first-order chi connectivity index (χ1) is 10.6. The van der Waals surface area contributed by atoms with Gasteiger partial charge >= 0.3 is 11.9 Å². The summed E-state index contributed by atoms with van der Waals surface area (Å²) in [7, 11) is 0. The number of esters is 2. The van der Waals surface area contributed by atoms with Crippen LogP contribution in [0.4, 0.5) is 0 Å². The molecule has 1 N–H and O–H groups in total. The Morgan fingerprint density at radius 2 is 2.00 bits per heavy atom. The number of benzene rings is 1. The van der Waals surface area contributed by atoms with E-state index in [1.54, 1.807) is 30.3 Å². The van der Waals surface area contributed by atoms with Crippen LogP contribution in [-0.2, 0) is 19.0 Å². The van der Waals surface area contributed by atoms with E-state index in [1.807, 2.05) is 0 Å². The summed E-state index contributed by atoms with van der Waals surface area (Å²) in [5, 5.41) is 10.1. The van der Waals surface area contributed by atoms with Crippen molar-refractivity contribution in [2.45, 2.75) is 18.3 Å². The SMILES string of the molecule is O=C(CCl)O[C@@H]1C=CO[C@H](COC(=O)c2ccccc2)[C@@H]1O. The Balaban J connectivity index is 1.89. The van der Waals surface area contributed by atoms with Gasteiger partial charge in [0, 0.05) is 0 Å². The van der Waals surface area contributed by atoms with Crippen molar-refractivity contribution < 1.29 is 28.9 Å². The molecule has 0 bridgehead atoms. The van der Waals surface area contributed by atoms with Crippen molar-refractivity contribution in [3.05, 3.63) is 48.2 Å². The van der Waals surface area contributed by atoms with Crippen LogP contribution in [0.15, 0.2) is 42.7 Å². The van der Waals surface area contributed by atoms with Gasteiger partial charge in [0.15, 0.2) is 12.2 Å². The normalized spacial score (nSPS) is 23.5. The predicted octanol–water partition coefficient (Wildman–Crippen LogP) is 1.27. The fourth-order valence-corrected chi connectivity index (χ4v) is 1.94. The van der Waals surface area contributed by atoms with Gasteiger partial charge in [-0.15, -0.1) is 11.6 Å². The van der Waals surface area contributed by atoms with Crippen molar-refractivity contribution in [2.24, 2.45) is 0 Å². The smallest absolute Gasteiger partial charge is 0.338 e. The molecule has 1 aromatic rings. The number of alkyl halides is 1. The van der Waals surface area contributed by atoms with Gasteiger partial charge in [-0.3, -0.25) is 4.79 Å². The number of hydrogen-bond acceptors (Lipinski definition) is 6. The molecule has 6 nitrogen and oxygen atoms in total. The summed E-state index contributed by atoms with van der Waals surface area (Å²) >= 11 is 5.35. The molecule has 22 heavy (non-hydrogen) atoms. The molecular weight excluding hydrogens is 312 g/mol. The number of carbonyl (C=O) groups excluding carboxylic acids is 2. The lowest BCUT2D eigenvalue weighted by atomic mass is 10.1. The van der Waals surface area contributed by atoms with Gasteiger partial charge in [0.05, 0.1) is 11.8 Å². The quantitative estimate of drug-likeness (QED) is 0.648. The number of aliphatic hydroxyl groups is 1. The Labute approximate surface area is 132 Å². The molecule has 0 aromatic heterocycles. The first kappa shape index (κ1) is 16.3. The predicted molar refractivity (Wildman–Crippen MR) is 77.3 cm³/mol. The van der Waals surface area contributed by atoms with E-state index in [9.17, 15) is 14.7 Å². The minimum absolute atomic E-state index is 0.172. The monoisotopic (exact) mass is 326 g/mol. The maximum Gasteiger partial charge on any atom is 0.338 e. The standard InChI is InChI=1S/C15H15ClO6/c16-8-13(17)22-11-6-7-20-12(14(11)18)9-21-15(19)10-4-2-1-3-5-10/h1-7,11-12,14,18H,8-9H2/t11-,12-,14-/m1/s1. The molecule has 2 rings (SSSR count). The molecule has 0 unspecified atom stereocenters. The summed E-state index contributed by atoms with van der Waals surface area (Å²) in [5.41, 5.74) is 0.397. The zero-order valence-electron chi connectivity index (χ0n) is 11.6. The fraction of sp³-hybridized carbons (Fsp3) is 0.333. The van der Waals surface area contributed by atoms with Crippen molar-refractivity contribution in [3.8, 4) is 0 Å². The maximum atomic E-state index is 11.8. The molecule has 3 atom stereocenters. The van der Waals surface area contributed by atoms with E-state index in [4.69, 9.17) is 25.8 Å². The molecule has 0 spiro atoms. The first-order valence-corrected chi connectivity index (χ1v) is 7.13. The van der Waals surface area contributed by atoms with Gasteiger partial charge in [0.25, 0.3) is 0 Å². The lowest BCUT2D eigenvalue weighted by molar-refractivity contribution is -0.156. The summed E-state index contributed by atoms with van der Waals surface area (Å²) < 4.78 is 15.2. The Hall–Kier alpha value is -2.05. The van der Waals surface area contributed by atoms with Crippen LogP contribution >= 0.6 is 11.6 Å². The second-order valence-corrected chi connectivity index (χ2v) is 4.81. The molecule has 1 heterocycles. The molecule has 1 aliphatic heterocycles. The Kier molecular flexibility index (Phi) is 5.80. The molecule has 0 aliphatic carbocycles. The lowest BCUT2D eigenvalue weighted by Gasteiger charge is -2.30. The number of ether oxygens (including phenoxy) is 3. The molecule has 0 saturated heterocycles. The van der Waals surface area contributed by atoms with Gasteiger partial charge in [-0.2, -0.15) is 0 Å². The van der Waals surface area contributed by atoms with Crippen molar-refractivity contribution in [1.82, 2.24) is 0 Å². The number of aliphatic hydroxyl groups excluding tert-OH is 1. The third-order valence-corrected chi connectivity index (χ3v) is 3.22. The van der Waals surface area contributed by atoms with E-state index in [2.05, 4.69) is 0 Å². The number of carbonyl (C=O) groups is 2. The molecule has 118 valence electrons.